The Hall–Kier alpha value is -1.75. The van der Waals surface area contributed by atoms with Gasteiger partial charge in [0.15, 0.2) is 0 Å². The van der Waals surface area contributed by atoms with Gasteiger partial charge in [0.25, 0.3) is 5.91 Å². The van der Waals surface area contributed by atoms with Gasteiger partial charge >= 0.3 is 0 Å². The summed E-state index contributed by atoms with van der Waals surface area (Å²) in [6, 6.07) is 5.68. The molecular formula is C15H20N2O2S. The molecule has 0 bridgehead atoms. The van der Waals surface area contributed by atoms with Gasteiger partial charge in [-0.25, -0.2) is 0 Å². The maximum absolute atomic E-state index is 12.4. The average molecular weight is 292 g/mol. The molecule has 0 aliphatic rings. The summed E-state index contributed by atoms with van der Waals surface area (Å²) in [5.41, 5.74) is 6.69. The van der Waals surface area contributed by atoms with Crippen molar-refractivity contribution in [2.24, 2.45) is 0 Å². The second-order valence-electron chi connectivity index (χ2n) is 4.79. The fourth-order valence-electron chi connectivity index (χ4n) is 2.05. The number of hydrogen-bond donors (Lipinski definition) is 1. The van der Waals surface area contributed by atoms with Crippen molar-refractivity contribution in [2.75, 3.05) is 26.4 Å². The topological polar surface area (TPSA) is 55.6 Å². The van der Waals surface area contributed by atoms with Crippen LogP contribution in [0, 0.1) is 0 Å². The molecule has 4 nitrogen and oxygen atoms in total. The lowest BCUT2D eigenvalue weighted by molar-refractivity contribution is 0.0799. The van der Waals surface area contributed by atoms with Gasteiger partial charge in [-0.15, -0.1) is 11.3 Å². The standard InChI is InChI=1S/C15H20N2O2S/c1-4-5-8-17(2)15(18)14-13(16)11-7-6-10(19-3)9-12(11)20-14/h6-7,9H,4-5,8,16H2,1-3H3. The third-order valence-electron chi connectivity index (χ3n) is 3.32. The molecule has 0 aliphatic carbocycles. The van der Waals surface area contributed by atoms with Crippen molar-refractivity contribution in [1.29, 1.82) is 0 Å². The van der Waals surface area contributed by atoms with Crippen LogP contribution in [0.2, 0.25) is 0 Å². The number of benzene rings is 1. The summed E-state index contributed by atoms with van der Waals surface area (Å²) in [6.07, 6.45) is 2.07. The Bertz CT molecular complexity index is 622. The van der Waals surface area contributed by atoms with Crippen LogP contribution in [0.3, 0.4) is 0 Å². The number of nitrogens with two attached hydrogens (primary N) is 1. The zero-order valence-electron chi connectivity index (χ0n) is 12.1. The minimum Gasteiger partial charge on any atom is -0.497 e. The molecule has 5 heteroatoms. The summed E-state index contributed by atoms with van der Waals surface area (Å²) in [6.45, 7) is 2.87. The predicted molar refractivity (Wildman–Crippen MR) is 84.7 cm³/mol. The van der Waals surface area contributed by atoms with Crippen LogP contribution in [0.25, 0.3) is 10.1 Å². The fraction of sp³-hybridized carbons (Fsp3) is 0.400. The molecule has 0 saturated carbocycles. The first-order valence-electron chi connectivity index (χ1n) is 6.70. The number of carbonyl (C=O) groups is 1. The first-order chi connectivity index (χ1) is 9.58. The number of anilines is 1. The lowest BCUT2D eigenvalue weighted by Crippen LogP contribution is -2.27. The van der Waals surface area contributed by atoms with E-state index in [-0.39, 0.29) is 5.91 Å². The summed E-state index contributed by atoms with van der Waals surface area (Å²) >= 11 is 1.43. The van der Waals surface area contributed by atoms with E-state index in [1.54, 1.807) is 12.0 Å². The zero-order valence-corrected chi connectivity index (χ0v) is 12.9. The number of amides is 1. The highest BCUT2D eigenvalue weighted by Crippen LogP contribution is 2.36. The summed E-state index contributed by atoms with van der Waals surface area (Å²) in [7, 11) is 3.45. The Morgan fingerprint density at radius 1 is 1.45 bits per heavy atom. The molecule has 0 saturated heterocycles. The highest BCUT2D eigenvalue weighted by atomic mass is 32.1. The van der Waals surface area contributed by atoms with E-state index in [9.17, 15) is 4.79 Å². The van der Waals surface area contributed by atoms with E-state index < -0.39 is 0 Å². The lowest BCUT2D eigenvalue weighted by Gasteiger charge is -2.15. The van der Waals surface area contributed by atoms with Gasteiger partial charge in [-0.2, -0.15) is 0 Å². The van der Waals surface area contributed by atoms with Crippen LogP contribution >= 0.6 is 11.3 Å². The van der Waals surface area contributed by atoms with Crippen LogP contribution in [0.1, 0.15) is 29.4 Å². The molecule has 1 aromatic carbocycles. The molecule has 0 fully saturated rings. The molecule has 1 amide bonds. The Balaban J connectivity index is 2.34. The number of unbranched alkanes of at least 4 members (excludes halogenated alkanes) is 1. The third-order valence-corrected chi connectivity index (χ3v) is 4.48. The van der Waals surface area contributed by atoms with Crippen molar-refractivity contribution in [2.45, 2.75) is 19.8 Å². The Labute approximate surface area is 123 Å². The maximum Gasteiger partial charge on any atom is 0.265 e. The Morgan fingerprint density at radius 3 is 2.85 bits per heavy atom. The van der Waals surface area contributed by atoms with Gasteiger partial charge < -0.3 is 15.4 Å². The van der Waals surface area contributed by atoms with Gasteiger partial charge in [-0.05, 0) is 24.6 Å². The summed E-state index contributed by atoms with van der Waals surface area (Å²) in [5.74, 6) is 0.771. The molecule has 1 aromatic heterocycles. The molecule has 0 spiro atoms. The maximum atomic E-state index is 12.4. The number of carbonyl (C=O) groups excluding carboxylic acids is 1. The minimum atomic E-state index is -0.00360. The van der Waals surface area contributed by atoms with Crippen LogP contribution in [0.5, 0.6) is 5.75 Å². The van der Waals surface area contributed by atoms with E-state index in [2.05, 4.69) is 6.92 Å². The lowest BCUT2D eigenvalue weighted by atomic mass is 10.2. The van der Waals surface area contributed by atoms with E-state index in [0.717, 1.165) is 35.2 Å². The SMILES string of the molecule is CCCCN(C)C(=O)c1sc2cc(OC)ccc2c1N. The molecule has 2 rings (SSSR count). The molecular weight excluding hydrogens is 272 g/mol. The Kier molecular flexibility index (Phi) is 4.49. The van der Waals surface area contributed by atoms with Crippen LogP contribution in [-0.4, -0.2) is 31.5 Å². The minimum absolute atomic E-state index is 0.00360. The molecule has 20 heavy (non-hydrogen) atoms. The quantitative estimate of drug-likeness (QED) is 0.919. The van der Waals surface area contributed by atoms with Crippen molar-refractivity contribution in [1.82, 2.24) is 4.90 Å². The average Bonchev–Trinajstić information content (AvgIpc) is 2.80. The number of hydrogen-bond acceptors (Lipinski definition) is 4. The number of ether oxygens (including phenoxy) is 1. The number of nitrogens with zero attached hydrogens (tertiary/aromatic N) is 1. The van der Waals surface area contributed by atoms with Gasteiger partial charge in [0.05, 0.1) is 12.8 Å². The third kappa shape index (κ3) is 2.72. The van der Waals surface area contributed by atoms with Gasteiger partial charge in [-0.1, -0.05) is 13.3 Å². The number of methoxy groups -OCH3 is 1. The van der Waals surface area contributed by atoms with Crippen molar-refractivity contribution < 1.29 is 9.53 Å². The van der Waals surface area contributed by atoms with Crippen molar-refractivity contribution in [3.63, 3.8) is 0 Å². The summed E-state index contributed by atoms with van der Waals surface area (Å²) < 4.78 is 6.18. The molecule has 0 aliphatic heterocycles. The van der Waals surface area contributed by atoms with Crippen LogP contribution in [-0.2, 0) is 0 Å². The van der Waals surface area contributed by atoms with Crippen molar-refractivity contribution >= 4 is 33.0 Å². The number of nitrogen functional groups attached to an aromatic ring is 1. The first-order valence-corrected chi connectivity index (χ1v) is 7.51. The summed E-state index contributed by atoms with van der Waals surface area (Å²) in [5, 5.41) is 0.919. The van der Waals surface area contributed by atoms with Gasteiger partial charge in [0.1, 0.15) is 10.6 Å². The highest BCUT2D eigenvalue weighted by molar-refractivity contribution is 7.21. The zero-order chi connectivity index (χ0) is 14.7. The summed E-state index contributed by atoms with van der Waals surface area (Å²) in [4.78, 5) is 14.8. The molecule has 0 atom stereocenters. The van der Waals surface area contributed by atoms with E-state index >= 15 is 0 Å². The highest BCUT2D eigenvalue weighted by Gasteiger charge is 2.19. The predicted octanol–water partition coefficient (Wildman–Crippen LogP) is 3.36. The monoisotopic (exact) mass is 292 g/mol. The fourth-order valence-corrected chi connectivity index (χ4v) is 3.20. The van der Waals surface area contributed by atoms with Gasteiger partial charge in [0, 0.05) is 23.7 Å². The molecule has 0 radical (unpaired) electrons. The molecule has 0 unspecified atom stereocenters. The number of fused-ring (bicyclic) bond motifs is 1. The molecule has 1 heterocycles. The van der Waals surface area contributed by atoms with E-state index in [1.165, 1.54) is 11.3 Å². The van der Waals surface area contributed by atoms with Crippen LogP contribution in [0.4, 0.5) is 5.69 Å². The second kappa shape index (κ2) is 6.13. The molecule has 108 valence electrons. The van der Waals surface area contributed by atoms with Crippen molar-refractivity contribution in [3.8, 4) is 5.75 Å². The number of thiophene rings is 1. The second-order valence-corrected chi connectivity index (χ2v) is 5.84. The smallest absolute Gasteiger partial charge is 0.265 e. The van der Waals surface area contributed by atoms with E-state index in [1.807, 2.05) is 25.2 Å². The molecule has 2 aromatic rings. The largest absolute Gasteiger partial charge is 0.497 e. The Morgan fingerprint density at radius 2 is 2.20 bits per heavy atom. The number of rotatable bonds is 5. The first kappa shape index (κ1) is 14.7. The van der Waals surface area contributed by atoms with Gasteiger partial charge in [-0.3, -0.25) is 4.79 Å². The van der Waals surface area contributed by atoms with E-state index in [4.69, 9.17) is 10.5 Å². The molecule has 2 N–H and O–H groups in total. The van der Waals surface area contributed by atoms with E-state index in [0.29, 0.717) is 10.6 Å². The van der Waals surface area contributed by atoms with Gasteiger partial charge in [0.2, 0.25) is 0 Å². The van der Waals surface area contributed by atoms with Crippen LogP contribution < -0.4 is 10.5 Å². The normalized spacial score (nSPS) is 10.8. The van der Waals surface area contributed by atoms with Crippen molar-refractivity contribution in [3.05, 3.63) is 23.1 Å². The van der Waals surface area contributed by atoms with Crippen LogP contribution in [0.15, 0.2) is 18.2 Å².